The number of aromatic nitrogens is 1. The number of pyridine rings is 1. The number of hydrogen-bond donors (Lipinski definition) is 1. The van der Waals surface area contributed by atoms with Crippen LogP contribution in [0.5, 0.6) is 11.5 Å². The number of fused-ring (bicyclic) bond motifs is 1. The number of hydrogen-bond acceptors (Lipinski definition) is 5. The Morgan fingerprint density at radius 2 is 1.92 bits per heavy atom. The van der Waals surface area contributed by atoms with Crippen molar-refractivity contribution < 1.29 is 14.3 Å². The molecule has 1 atom stereocenters. The molecule has 2 heterocycles. The predicted octanol–water partition coefficient (Wildman–Crippen LogP) is 2.80. The summed E-state index contributed by atoms with van der Waals surface area (Å²) in [6.07, 6.45) is 2.46. The van der Waals surface area contributed by atoms with Crippen LogP contribution in [0.1, 0.15) is 35.3 Å². The van der Waals surface area contributed by atoms with Crippen molar-refractivity contribution in [1.29, 1.82) is 0 Å². The van der Waals surface area contributed by atoms with E-state index >= 15 is 0 Å². The average Bonchev–Trinajstić information content (AvgIpc) is 2.86. The van der Waals surface area contributed by atoms with Gasteiger partial charge in [-0.25, -0.2) is 4.98 Å². The normalized spacial score (nSPS) is 14.4. The summed E-state index contributed by atoms with van der Waals surface area (Å²) in [5, 5.41) is 2.99. The molecule has 2 aromatic rings. The minimum Gasteiger partial charge on any atom is -0.490 e. The van der Waals surface area contributed by atoms with Gasteiger partial charge in [0.15, 0.2) is 11.5 Å². The van der Waals surface area contributed by atoms with Crippen LogP contribution in [0.2, 0.25) is 0 Å². The Bertz CT molecular complexity index is 744. The number of anilines is 1. The first-order valence-electron chi connectivity index (χ1n) is 8.38. The van der Waals surface area contributed by atoms with Crippen molar-refractivity contribution in [2.45, 2.75) is 19.4 Å². The van der Waals surface area contributed by atoms with E-state index in [1.807, 2.05) is 50.2 Å². The molecule has 1 aliphatic rings. The van der Waals surface area contributed by atoms with Crippen molar-refractivity contribution in [1.82, 2.24) is 10.3 Å². The van der Waals surface area contributed by atoms with Crippen molar-refractivity contribution in [3.63, 3.8) is 0 Å². The summed E-state index contributed by atoms with van der Waals surface area (Å²) in [7, 11) is 3.82. The first kappa shape index (κ1) is 17.1. The molecule has 0 spiro atoms. The number of nitrogens with zero attached hydrogens (tertiary/aromatic N) is 2. The van der Waals surface area contributed by atoms with Gasteiger partial charge in [0.05, 0.1) is 24.8 Å². The number of benzene rings is 1. The summed E-state index contributed by atoms with van der Waals surface area (Å²) in [6.45, 7) is 3.24. The molecule has 25 heavy (non-hydrogen) atoms. The van der Waals surface area contributed by atoms with Gasteiger partial charge >= 0.3 is 0 Å². The monoisotopic (exact) mass is 341 g/mol. The molecule has 1 aromatic carbocycles. The summed E-state index contributed by atoms with van der Waals surface area (Å²) >= 11 is 0. The third kappa shape index (κ3) is 4.02. The maximum Gasteiger partial charge on any atom is 0.253 e. The number of ether oxygens (including phenoxy) is 2. The minimum atomic E-state index is -0.155. The van der Waals surface area contributed by atoms with Crippen LogP contribution in [0, 0.1) is 0 Å². The molecule has 0 saturated carbocycles. The van der Waals surface area contributed by atoms with Gasteiger partial charge in [0.2, 0.25) is 0 Å². The molecule has 0 saturated heterocycles. The predicted molar refractivity (Wildman–Crippen MR) is 96.5 cm³/mol. The Morgan fingerprint density at radius 1 is 1.16 bits per heavy atom. The fourth-order valence-corrected chi connectivity index (χ4v) is 2.60. The van der Waals surface area contributed by atoms with Crippen molar-refractivity contribution in [2.75, 3.05) is 32.2 Å². The molecule has 3 rings (SSSR count). The van der Waals surface area contributed by atoms with E-state index < -0.39 is 0 Å². The Balaban J connectivity index is 1.70. The Labute approximate surface area is 147 Å². The van der Waals surface area contributed by atoms with Gasteiger partial charge in [-0.2, -0.15) is 0 Å². The number of nitrogens with one attached hydrogen (secondary N) is 1. The smallest absolute Gasteiger partial charge is 0.253 e. The molecule has 132 valence electrons. The first-order chi connectivity index (χ1) is 12.0. The van der Waals surface area contributed by atoms with E-state index in [1.165, 1.54) is 0 Å². The van der Waals surface area contributed by atoms with Gasteiger partial charge in [0.1, 0.15) is 5.82 Å². The van der Waals surface area contributed by atoms with Gasteiger partial charge in [0, 0.05) is 26.7 Å². The second-order valence-electron chi connectivity index (χ2n) is 6.25. The lowest BCUT2D eigenvalue weighted by Gasteiger charge is -2.17. The van der Waals surface area contributed by atoms with Crippen molar-refractivity contribution in [3.05, 3.63) is 47.7 Å². The summed E-state index contributed by atoms with van der Waals surface area (Å²) in [5.74, 6) is 2.14. The zero-order valence-corrected chi connectivity index (χ0v) is 14.8. The summed E-state index contributed by atoms with van der Waals surface area (Å²) < 4.78 is 11.4. The fourth-order valence-electron chi connectivity index (χ4n) is 2.60. The van der Waals surface area contributed by atoms with Crippen molar-refractivity contribution in [3.8, 4) is 11.5 Å². The summed E-state index contributed by atoms with van der Waals surface area (Å²) in [5.41, 5.74) is 1.50. The molecular weight excluding hydrogens is 318 g/mol. The van der Waals surface area contributed by atoms with E-state index in [-0.39, 0.29) is 11.9 Å². The molecular formula is C19H23N3O3. The number of rotatable bonds is 4. The highest BCUT2D eigenvalue weighted by Gasteiger charge is 2.16. The molecule has 0 fully saturated rings. The SMILES string of the molecule is C[C@H](NC(=O)c1ccc(N(C)C)nc1)c1ccc2c(c1)OCCCO2. The van der Waals surface area contributed by atoms with Gasteiger partial charge < -0.3 is 19.7 Å². The minimum absolute atomic E-state index is 0.154. The van der Waals surface area contributed by atoms with E-state index in [9.17, 15) is 4.79 Å². The van der Waals surface area contributed by atoms with Crippen molar-refractivity contribution >= 4 is 11.7 Å². The molecule has 0 aliphatic carbocycles. The fraction of sp³-hybridized carbons (Fsp3) is 0.368. The molecule has 0 unspecified atom stereocenters. The van der Waals surface area contributed by atoms with E-state index in [1.54, 1.807) is 12.3 Å². The highest BCUT2D eigenvalue weighted by molar-refractivity contribution is 5.94. The van der Waals surface area contributed by atoms with E-state index in [0.717, 1.165) is 29.3 Å². The van der Waals surface area contributed by atoms with Crippen LogP contribution in [0.15, 0.2) is 36.5 Å². The lowest BCUT2D eigenvalue weighted by molar-refractivity contribution is 0.0939. The third-order valence-electron chi connectivity index (χ3n) is 4.09. The van der Waals surface area contributed by atoms with Gasteiger partial charge in [-0.15, -0.1) is 0 Å². The second kappa shape index (κ2) is 7.42. The standard InChI is InChI=1S/C19H23N3O3/c1-13(14-5-7-16-17(11-14)25-10-4-9-24-16)21-19(23)15-6-8-18(20-12-15)22(2)3/h5-8,11-13H,4,9-10H2,1-3H3,(H,21,23)/t13-/m0/s1. The Kier molecular flexibility index (Phi) is 5.07. The number of carbonyl (C=O) groups is 1. The average molecular weight is 341 g/mol. The van der Waals surface area contributed by atoms with Crippen LogP contribution in [0.4, 0.5) is 5.82 Å². The molecule has 6 heteroatoms. The van der Waals surface area contributed by atoms with Crippen LogP contribution in [-0.2, 0) is 0 Å². The molecule has 0 radical (unpaired) electrons. The van der Waals surface area contributed by atoms with Crippen LogP contribution < -0.4 is 19.7 Å². The number of carbonyl (C=O) groups excluding carboxylic acids is 1. The molecule has 0 bridgehead atoms. The maximum absolute atomic E-state index is 12.4. The highest BCUT2D eigenvalue weighted by atomic mass is 16.5. The van der Waals surface area contributed by atoms with E-state index in [2.05, 4.69) is 10.3 Å². The number of amides is 1. The third-order valence-corrected chi connectivity index (χ3v) is 4.09. The zero-order valence-electron chi connectivity index (χ0n) is 14.8. The topological polar surface area (TPSA) is 63.7 Å². The van der Waals surface area contributed by atoms with Gasteiger partial charge in [-0.1, -0.05) is 6.07 Å². The van der Waals surface area contributed by atoms with Crippen LogP contribution in [0.3, 0.4) is 0 Å². The Morgan fingerprint density at radius 3 is 2.60 bits per heavy atom. The maximum atomic E-state index is 12.4. The van der Waals surface area contributed by atoms with Gasteiger partial charge in [-0.3, -0.25) is 4.79 Å². The lowest BCUT2D eigenvalue weighted by Crippen LogP contribution is -2.27. The lowest BCUT2D eigenvalue weighted by atomic mass is 10.1. The zero-order chi connectivity index (χ0) is 17.8. The van der Waals surface area contributed by atoms with Crippen LogP contribution >= 0.6 is 0 Å². The van der Waals surface area contributed by atoms with E-state index in [4.69, 9.17) is 9.47 Å². The molecule has 1 aromatic heterocycles. The molecule has 1 aliphatic heterocycles. The largest absolute Gasteiger partial charge is 0.490 e. The second-order valence-corrected chi connectivity index (χ2v) is 6.25. The van der Waals surface area contributed by atoms with Gasteiger partial charge in [-0.05, 0) is 36.8 Å². The summed E-state index contributed by atoms with van der Waals surface area (Å²) in [6, 6.07) is 9.22. The molecule has 1 N–H and O–H groups in total. The van der Waals surface area contributed by atoms with Crippen LogP contribution in [-0.4, -0.2) is 38.2 Å². The van der Waals surface area contributed by atoms with Crippen LogP contribution in [0.25, 0.3) is 0 Å². The molecule has 1 amide bonds. The van der Waals surface area contributed by atoms with Crippen molar-refractivity contribution in [2.24, 2.45) is 0 Å². The van der Waals surface area contributed by atoms with E-state index in [0.29, 0.717) is 18.8 Å². The summed E-state index contributed by atoms with van der Waals surface area (Å²) in [4.78, 5) is 18.6. The first-order valence-corrected chi connectivity index (χ1v) is 8.38. The van der Waals surface area contributed by atoms with Gasteiger partial charge in [0.25, 0.3) is 5.91 Å². The highest BCUT2D eigenvalue weighted by Crippen LogP contribution is 2.32. The quantitative estimate of drug-likeness (QED) is 0.926. The molecule has 6 nitrogen and oxygen atoms in total. The Hall–Kier alpha value is -2.76.